The van der Waals surface area contributed by atoms with Gasteiger partial charge in [0.15, 0.2) is 0 Å². The van der Waals surface area contributed by atoms with Gasteiger partial charge in [-0.1, -0.05) is 20.8 Å². The van der Waals surface area contributed by atoms with Crippen LogP contribution >= 0.6 is 0 Å². The van der Waals surface area contributed by atoms with Gasteiger partial charge in [-0.2, -0.15) is 0 Å². The van der Waals surface area contributed by atoms with E-state index in [2.05, 4.69) is 20.8 Å². The van der Waals surface area contributed by atoms with Gasteiger partial charge in [0.1, 0.15) is 5.60 Å². The van der Waals surface area contributed by atoms with Gasteiger partial charge >= 0.3 is 5.97 Å². The molecule has 0 spiro atoms. The zero-order valence-electron chi connectivity index (χ0n) is 13.8. The van der Waals surface area contributed by atoms with Gasteiger partial charge in [-0.05, 0) is 52.0 Å². The molecule has 2 N–H and O–H groups in total. The number of nitrogens with two attached hydrogens (primary N) is 1. The number of hydrogen-bond acceptors (Lipinski definition) is 4. The number of ether oxygens (including phenoxy) is 2. The molecule has 0 saturated carbocycles. The molecule has 1 aliphatic rings. The fourth-order valence-electron chi connectivity index (χ4n) is 2.44. The van der Waals surface area contributed by atoms with Crippen LogP contribution in [-0.4, -0.2) is 30.3 Å². The third kappa shape index (κ3) is 5.80. The number of esters is 1. The summed E-state index contributed by atoms with van der Waals surface area (Å²) in [5.74, 6) is 0.554. The van der Waals surface area contributed by atoms with E-state index in [-0.39, 0.29) is 24.1 Å². The Hall–Kier alpha value is -0.610. The average molecular weight is 285 g/mol. The predicted octanol–water partition coefficient (Wildman–Crippen LogP) is 2.74. The Bertz CT molecular complexity index is 322. The molecule has 0 amide bonds. The molecule has 1 fully saturated rings. The number of carbonyl (C=O) groups excluding carboxylic acids is 1. The highest BCUT2D eigenvalue weighted by molar-refractivity contribution is 5.74. The van der Waals surface area contributed by atoms with Gasteiger partial charge in [0.2, 0.25) is 0 Å². The van der Waals surface area contributed by atoms with Crippen LogP contribution in [0, 0.1) is 17.8 Å². The van der Waals surface area contributed by atoms with Crippen molar-refractivity contribution >= 4 is 5.97 Å². The molecule has 4 heteroatoms. The van der Waals surface area contributed by atoms with Gasteiger partial charge in [0.25, 0.3) is 0 Å². The molecule has 0 radical (unpaired) electrons. The number of epoxide rings is 1. The maximum Gasteiger partial charge on any atom is 0.312 e. The summed E-state index contributed by atoms with van der Waals surface area (Å²) >= 11 is 0. The van der Waals surface area contributed by atoms with Crippen molar-refractivity contribution in [1.82, 2.24) is 0 Å². The monoisotopic (exact) mass is 285 g/mol. The second-order valence-corrected chi connectivity index (χ2v) is 7.49. The first-order chi connectivity index (χ1) is 9.14. The molecule has 1 rings (SSSR count). The molecule has 0 bridgehead atoms. The summed E-state index contributed by atoms with van der Waals surface area (Å²) in [7, 11) is 0. The first kappa shape index (κ1) is 17.4. The van der Waals surface area contributed by atoms with Crippen molar-refractivity contribution in [2.45, 2.75) is 72.2 Å². The number of hydrogen-bond donors (Lipinski definition) is 1. The molecule has 4 unspecified atom stereocenters. The average Bonchev–Trinajstić information content (AvgIpc) is 3.00. The Morgan fingerprint density at radius 2 is 1.90 bits per heavy atom. The van der Waals surface area contributed by atoms with E-state index in [4.69, 9.17) is 15.2 Å². The highest BCUT2D eigenvalue weighted by Crippen LogP contribution is 2.38. The Kier molecular flexibility index (Phi) is 6.02. The predicted molar refractivity (Wildman–Crippen MR) is 80.3 cm³/mol. The lowest BCUT2D eigenvalue weighted by atomic mass is 9.90. The molecule has 20 heavy (non-hydrogen) atoms. The quantitative estimate of drug-likeness (QED) is 0.577. The number of carbonyl (C=O) groups is 1. The molecule has 1 aliphatic heterocycles. The van der Waals surface area contributed by atoms with Crippen LogP contribution in [0.1, 0.15) is 54.4 Å². The zero-order chi connectivity index (χ0) is 15.5. The van der Waals surface area contributed by atoms with Gasteiger partial charge in [-0.15, -0.1) is 0 Å². The molecule has 4 nitrogen and oxygen atoms in total. The van der Waals surface area contributed by atoms with Gasteiger partial charge in [-0.25, -0.2) is 0 Å². The van der Waals surface area contributed by atoms with Crippen molar-refractivity contribution in [3.8, 4) is 0 Å². The van der Waals surface area contributed by atoms with E-state index in [1.807, 2.05) is 20.8 Å². The third-order valence-electron chi connectivity index (χ3n) is 3.49. The third-order valence-corrected chi connectivity index (χ3v) is 3.49. The van der Waals surface area contributed by atoms with Crippen LogP contribution in [0.15, 0.2) is 0 Å². The topological polar surface area (TPSA) is 64.8 Å². The lowest BCUT2D eigenvalue weighted by Crippen LogP contribution is -2.33. The van der Waals surface area contributed by atoms with E-state index in [9.17, 15) is 4.79 Å². The summed E-state index contributed by atoms with van der Waals surface area (Å²) in [5, 5.41) is 0. The van der Waals surface area contributed by atoms with Crippen LogP contribution < -0.4 is 5.73 Å². The lowest BCUT2D eigenvalue weighted by molar-refractivity contribution is -0.161. The molecular formula is C16H31NO3. The van der Waals surface area contributed by atoms with Crippen molar-refractivity contribution in [3.05, 3.63) is 0 Å². The largest absolute Gasteiger partial charge is 0.460 e. The SMILES string of the molecule is CC(C)CC1OC1C(CC(C)CN)C(=O)OC(C)(C)C. The molecule has 0 aromatic carbocycles. The van der Waals surface area contributed by atoms with Crippen molar-refractivity contribution in [1.29, 1.82) is 0 Å². The lowest BCUT2D eigenvalue weighted by Gasteiger charge is -2.24. The van der Waals surface area contributed by atoms with E-state index in [0.717, 1.165) is 12.8 Å². The molecule has 1 saturated heterocycles. The smallest absolute Gasteiger partial charge is 0.312 e. The standard InChI is InChI=1S/C16H31NO3/c1-10(2)7-13-14(19-13)12(8-11(3)9-17)15(18)20-16(4,5)6/h10-14H,7-9,17H2,1-6H3. The highest BCUT2D eigenvalue weighted by Gasteiger charge is 2.49. The number of rotatable bonds is 7. The van der Waals surface area contributed by atoms with E-state index < -0.39 is 5.60 Å². The van der Waals surface area contributed by atoms with Crippen molar-refractivity contribution in [2.75, 3.05) is 6.54 Å². The molecule has 0 aromatic rings. The van der Waals surface area contributed by atoms with Crippen LogP contribution in [0.2, 0.25) is 0 Å². The maximum absolute atomic E-state index is 12.4. The Balaban J connectivity index is 2.65. The van der Waals surface area contributed by atoms with Crippen molar-refractivity contribution in [2.24, 2.45) is 23.5 Å². The molecule has 0 aromatic heterocycles. The zero-order valence-corrected chi connectivity index (χ0v) is 13.8. The van der Waals surface area contributed by atoms with Crippen LogP contribution in [0.4, 0.5) is 0 Å². The maximum atomic E-state index is 12.4. The van der Waals surface area contributed by atoms with Crippen LogP contribution in [0.5, 0.6) is 0 Å². The van der Waals surface area contributed by atoms with E-state index in [1.54, 1.807) is 0 Å². The van der Waals surface area contributed by atoms with Gasteiger partial charge in [0.05, 0.1) is 18.1 Å². The minimum atomic E-state index is -0.455. The highest BCUT2D eigenvalue weighted by atomic mass is 16.6. The summed E-state index contributed by atoms with van der Waals surface area (Å²) in [6, 6.07) is 0. The van der Waals surface area contributed by atoms with Crippen molar-refractivity contribution < 1.29 is 14.3 Å². The van der Waals surface area contributed by atoms with E-state index >= 15 is 0 Å². The fourth-order valence-corrected chi connectivity index (χ4v) is 2.44. The van der Waals surface area contributed by atoms with Gasteiger partial charge in [-0.3, -0.25) is 4.79 Å². The fraction of sp³-hybridized carbons (Fsp3) is 0.938. The summed E-state index contributed by atoms with van der Waals surface area (Å²) in [6.45, 7) is 12.7. The molecule has 118 valence electrons. The van der Waals surface area contributed by atoms with Crippen molar-refractivity contribution in [3.63, 3.8) is 0 Å². The summed E-state index contributed by atoms with van der Waals surface area (Å²) in [4.78, 5) is 12.4. The Morgan fingerprint density at radius 3 is 2.35 bits per heavy atom. The normalized spacial score (nSPS) is 25.4. The molecule has 0 aliphatic carbocycles. The van der Waals surface area contributed by atoms with Crippen LogP contribution in [0.25, 0.3) is 0 Å². The van der Waals surface area contributed by atoms with Gasteiger partial charge < -0.3 is 15.2 Å². The Labute approximate surface area is 123 Å². The minimum Gasteiger partial charge on any atom is -0.460 e. The first-order valence-corrected chi connectivity index (χ1v) is 7.72. The van der Waals surface area contributed by atoms with Crippen LogP contribution in [-0.2, 0) is 14.3 Å². The summed E-state index contributed by atoms with van der Waals surface area (Å²) < 4.78 is 11.3. The first-order valence-electron chi connectivity index (χ1n) is 7.72. The van der Waals surface area contributed by atoms with E-state index in [1.165, 1.54) is 0 Å². The Morgan fingerprint density at radius 1 is 1.30 bits per heavy atom. The molecular weight excluding hydrogens is 254 g/mol. The van der Waals surface area contributed by atoms with Gasteiger partial charge in [0, 0.05) is 0 Å². The molecule has 1 heterocycles. The van der Waals surface area contributed by atoms with E-state index in [0.29, 0.717) is 18.4 Å². The molecule has 4 atom stereocenters. The minimum absolute atomic E-state index is 0.0150. The summed E-state index contributed by atoms with van der Waals surface area (Å²) in [5.41, 5.74) is 5.24. The van der Waals surface area contributed by atoms with Crippen LogP contribution in [0.3, 0.4) is 0 Å². The second kappa shape index (κ2) is 6.90. The summed E-state index contributed by atoms with van der Waals surface area (Å²) in [6.07, 6.45) is 1.96. The second-order valence-electron chi connectivity index (χ2n) is 7.49.